The van der Waals surface area contributed by atoms with E-state index < -0.39 is 5.97 Å². The van der Waals surface area contributed by atoms with E-state index in [1.807, 2.05) is 43.3 Å². The van der Waals surface area contributed by atoms with Crippen LogP contribution in [0.15, 0.2) is 29.8 Å². The number of nitrogens with zero attached hydrogens (tertiary/aromatic N) is 1. The Labute approximate surface area is 89.6 Å². The van der Waals surface area contributed by atoms with E-state index in [2.05, 4.69) is 0 Å². The van der Waals surface area contributed by atoms with Crippen LogP contribution in [0.4, 0.5) is 5.69 Å². The van der Waals surface area contributed by atoms with Gasteiger partial charge in [0.15, 0.2) is 0 Å². The molecule has 0 aliphatic rings. The molecule has 1 aromatic carbocycles. The summed E-state index contributed by atoms with van der Waals surface area (Å²) >= 11 is 0. The van der Waals surface area contributed by atoms with Gasteiger partial charge in [-0.1, -0.05) is 12.1 Å². The monoisotopic (exact) mass is 205 g/mol. The fraction of sp³-hybridized carbons (Fsp3) is 0.250. The van der Waals surface area contributed by atoms with Gasteiger partial charge in [0.25, 0.3) is 0 Å². The van der Waals surface area contributed by atoms with Crippen LogP contribution in [0.25, 0.3) is 6.08 Å². The fourth-order valence-corrected chi connectivity index (χ4v) is 1.18. The first-order chi connectivity index (χ1) is 7.00. The van der Waals surface area contributed by atoms with Crippen molar-refractivity contribution in [2.45, 2.75) is 6.92 Å². The van der Waals surface area contributed by atoms with Crippen LogP contribution in [0.3, 0.4) is 0 Å². The first-order valence-corrected chi connectivity index (χ1v) is 4.69. The molecular formula is C12H15NO2. The average molecular weight is 205 g/mol. The van der Waals surface area contributed by atoms with Crippen molar-refractivity contribution in [3.8, 4) is 0 Å². The molecule has 0 aliphatic carbocycles. The van der Waals surface area contributed by atoms with Gasteiger partial charge in [0.1, 0.15) is 0 Å². The molecule has 0 atom stereocenters. The maximum atomic E-state index is 10.6. The second-order valence-electron chi connectivity index (χ2n) is 3.62. The summed E-state index contributed by atoms with van der Waals surface area (Å²) in [5.74, 6) is -0.883. The van der Waals surface area contributed by atoms with Crippen molar-refractivity contribution in [1.29, 1.82) is 0 Å². The van der Waals surface area contributed by atoms with Gasteiger partial charge in [-0.15, -0.1) is 0 Å². The first-order valence-electron chi connectivity index (χ1n) is 4.69. The molecule has 1 N–H and O–H groups in total. The predicted octanol–water partition coefficient (Wildman–Crippen LogP) is 2.24. The minimum atomic E-state index is -0.883. The summed E-state index contributed by atoms with van der Waals surface area (Å²) in [6.07, 6.45) is 1.65. The number of carboxylic acid groups (broad SMARTS) is 1. The molecule has 3 heteroatoms. The Morgan fingerprint density at radius 2 is 1.80 bits per heavy atom. The highest BCUT2D eigenvalue weighted by Gasteiger charge is 2.00. The number of rotatable bonds is 3. The lowest BCUT2D eigenvalue weighted by Gasteiger charge is -2.11. The van der Waals surface area contributed by atoms with E-state index in [1.165, 1.54) is 0 Å². The van der Waals surface area contributed by atoms with Gasteiger partial charge in [-0.05, 0) is 30.7 Å². The van der Waals surface area contributed by atoms with Gasteiger partial charge in [0, 0.05) is 25.4 Å². The highest BCUT2D eigenvalue weighted by molar-refractivity contribution is 5.91. The Balaban J connectivity index is 2.90. The van der Waals surface area contributed by atoms with Gasteiger partial charge in [-0.2, -0.15) is 0 Å². The van der Waals surface area contributed by atoms with Crippen LogP contribution in [0.5, 0.6) is 0 Å². The van der Waals surface area contributed by atoms with Crippen LogP contribution in [0.2, 0.25) is 0 Å². The normalized spacial score (nSPS) is 11.3. The van der Waals surface area contributed by atoms with Crippen molar-refractivity contribution in [2.24, 2.45) is 0 Å². The zero-order valence-electron chi connectivity index (χ0n) is 9.19. The quantitative estimate of drug-likeness (QED) is 0.769. The van der Waals surface area contributed by atoms with Crippen LogP contribution >= 0.6 is 0 Å². The van der Waals surface area contributed by atoms with Gasteiger partial charge >= 0.3 is 5.97 Å². The van der Waals surface area contributed by atoms with E-state index in [-0.39, 0.29) is 0 Å². The van der Waals surface area contributed by atoms with E-state index in [4.69, 9.17) is 5.11 Å². The number of carbonyl (C=O) groups is 1. The maximum Gasteiger partial charge on any atom is 0.331 e. The van der Waals surface area contributed by atoms with Crippen LogP contribution in [-0.4, -0.2) is 25.2 Å². The number of aliphatic carboxylic acids is 1. The highest BCUT2D eigenvalue weighted by Crippen LogP contribution is 2.14. The summed E-state index contributed by atoms with van der Waals surface area (Å²) in [5, 5.41) is 8.71. The summed E-state index contributed by atoms with van der Waals surface area (Å²) in [6, 6.07) is 7.73. The minimum absolute atomic E-state index is 0.340. The van der Waals surface area contributed by atoms with Gasteiger partial charge in [-0.25, -0.2) is 4.79 Å². The molecule has 15 heavy (non-hydrogen) atoms. The lowest BCUT2D eigenvalue weighted by molar-refractivity contribution is -0.132. The molecule has 0 bridgehead atoms. The molecule has 1 aromatic rings. The summed E-state index contributed by atoms with van der Waals surface area (Å²) in [5.41, 5.74) is 2.34. The Morgan fingerprint density at radius 1 is 1.27 bits per heavy atom. The molecular weight excluding hydrogens is 190 g/mol. The molecule has 80 valence electrons. The minimum Gasteiger partial charge on any atom is -0.478 e. The number of hydrogen-bond acceptors (Lipinski definition) is 2. The second kappa shape index (κ2) is 4.64. The molecule has 0 amide bonds. The zero-order chi connectivity index (χ0) is 11.4. The van der Waals surface area contributed by atoms with E-state index in [0.717, 1.165) is 11.3 Å². The predicted molar refractivity (Wildman–Crippen MR) is 62.1 cm³/mol. The van der Waals surface area contributed by atoms with Gasteiger partial charge < -0.3 is 10.0 Å². The Bertz CT molecular complexity index is 377. The van der Waals surface area contributed by atoms with Gasteiger partial charge in [0.2, 0.25) is 0 Å². The summed E-state index contributed by atoms with van der Waals surface area (Å²) in [6.45, 7) is 1.59. The lowest BCUT2D eigenvalue weighted by Crippen LogP contribution is -2.07. The lowest BCUT2D eigenvalue weighted by atomic mass is 10.1. The number of benzene rings is 1. The Kier molecular flexibility index (Phi) is 3.50. The molecule has 0 unspecified atom stereocenters. The van der Waals surface area contributed by atoms with E-state index in [1.54, 1.807) is 13.0 Å². The van der Waals surface area contributed by atoms with Crippen molar-refractivity contribution in [2.75, 3.05) is 19.0 Å². The number of hydrogen-bond donors (Lipinski definition) is 1. The molecule has 0 aliphatic heterocycles. The first kappa shape index (κ1) is 11.3. The molecule has 0 aromatic heterocycles. The molecule has 3 nitrogen and oxygen atoms in total. The number of carboxylic acids is 1. The molecule has 0 saturated carbocycles. The highest BCUT2D eigenvalue weighted by atomic mass is 16.4. The van der Waals surface area contributed by atoms with Crippen molar-refractivity contribution < 1.29 is 9.90 Å². The molecule has 0 spiro atoms. The fourth-order valence-electron chi connectivity index (χ4n) is 1.18. The number of anilines is 1. The van der Waals surface area contributed by atoms with Crippen LogP contribution < -0.4 is 4.90 Å². The SMILES string of the molecule is CC(=Cc1ccc(N(C)C)cc1)C(=O)O. The van der Waals surface area contributed by atoms with Crippen molar-refractivity contribution >= 4 is 17.7 Å². The molecule has 0 fully saturated rings. The topological polar surface area (TPSA) is 40.5 Å². The Hall–Kier alpha value is -1.77. The molecule has 0 heterocycles. The second-order valence-corrected chi connectivity index (χ2v) is 3.62. The van der Waals surface area contributed by atoms with E-state index in [9.17, 15) is 4.79 Å². The van der Waals surface area contributed by atoms with E-state index >= 15 is 0 Å². The van der Waals surface area contributed by atoms with Crippen molar-refractivity contribution in [3.63, 3.8) is 0 Å². The van der Waals surface area contributed by atoms with Crippen molar-refractivity contribution in [3.05, 3.63) is 35.4 Å². The summed E-state index contributed by atoms with van der Waals surface area (Å²) in [7, 11) is 3.93. The Morgan fingerprint density at radius 3 is 2.20 bits per heavy atom. The molecule has 1 rings (SSSR count). The van der Waals surface area contributed by atoms with Gasteiger partial charge in [0.05, 0.1) is 0 Å². The smallest absolute Gasteiger partial charge is 0.331 e. The van der Waals surface area contributed by atoms with Gasteiger partial charge in [-0.3, -0.25) is 0 Å². The van der Waals surface area contributed by atoms with Crippen LogP contribution in [0.1, 0.15) is 12.5 Å². The molecule has 0 saturated heterocycles. The standard InChI is InChI=1S/C12H15NO2/c1-9(12(14)15)8-10-4-6-11(7-5-10)13(2)3/h4-8H,1-3H3,(H,14,15). The average Bonchev–Trinajstić information content (AvgIpc) is 2.18. The zero-order valence-corrected chi connectivity index (χ0v) is 9.19. The third kappa shape index (κ3) is 3.13. The third-order valence-corrected chi connectivity index (χ3v) is 2.13. The van der Waals surface area contributed by atoms with Crippen LogP contribution in [0, 0.1) is 0 Å². The van der Waals surface area contributed by atoms with Crippen LogP contribution in [-0.2, 0) is 4.79 Å². The maximum absolute atomic E-state index is 10.6. The summed E-state index contributed by atoms with van der Waals surface area (Å²) in [4.78, 5) is 12.6. The molecule has 0 radical (unpaired) electrons. The van der Waals surface area contributed by atoms with Crippen molar-refractivity contribution in [1.82, 2.24) is 0 Å². The summed E-state index contributed by atoms with van der Waals surface area (Å²) < 4.78 is 0. The van der Waals surface area contributed by atoms with E-state index in [0.29, 0.717) is 5.57 Å². The largest absolute Gasteiger partial charge is 0.478 e. The third-order valence-electron chi connectivity index (χ3n) is 2.13.